The Morgan fingerprint density at radius 1 is 1.06 bits per heavy atom. The molecule has 0 fully saturated rings. The molecule has 2 aromatic carbocycles. The van der Waals surface area contributed by atoms with Crippen molar-refractivity contribution in [3.05, 3.63) is 68.3 Å². The molecule has 0 aliphatic carbocycles. The molecule has 17 heavy (non-hydrogen) atoms. The maximum atomic E-state index is 12.3. The summed E-state index contributed by atoms with van der Waals surface area (Å²) in [5.74, 6) is 0.0982. The quantitative estimate of drug-likeness (QED) is 0.595. The summed E-state index contributed by atoms with van der Waals surface area (Å²) < 4.78 is 1.08. The van der Waals surface area contributed by atoms with Crippen LogP contribution in [0.15, 0.2) is 42.5 Å². The molecule has 0 spiro atoms. The zero-order valence-electron chi connectivity index (χ0n) is 9.83. The molecule has 86 valence electrons. The average Bonchev–Trinajstić information content (AvgIpc) is 2.28. The fourth-order valence-corrected chi connectivity index (χ4v) is 2.40. The van der Waals surface area contributed by atoms with E-state index in [1.807, 2.05) is 56.3 Å². The molecule has 0 heterocycles. The fourth-order valence-electron chi connectivity index (χ4n) is 1.85. The smallest absolute Gasteiger partial charge is 0.193 e. The Bertz CT molecular complexity index is 573. The van der Waals surface area contributed by atoms with Crippen molar-refractivity contribution < 1.29 is 4.79 Å². The van der Waals surface area contributed by atoms with Gasteiger partial charge >= 0.3 is 0 Å². The van der Waals surface area contributed by atoms with Crippen LogP contribution in [0.1, 0.15) is 27.0 Å². The molecule has 2 aromatic rings. The highest BCUT2D eigenvalue weighted by Crippen LogP contribution is 2.17. The van der Waals surface area contributed by atoms with Crippen LogP contribution in [0.4, 0.5) is 0 Å². The Morgan fingerprint density at radius 3 is 2.47 bits per heavy atom. The summed E-state index contributed by atoms with van der Waals surface area (Å²) in [4.78, 5) is 12.3. The Morgan fingerprint density at radius 2 is 1.82 bits per heavy atom. The monoisotopic (exact) mass is 336 g/mol. The van der Waals surface area contributed by atoms with Gasteiger partial charge in [0.25, 0.3) is 0 Å². The molecule has 0 aliphatic heterocycles. The van der Waals surface area contributed by atoms with Gasteiger partial charge in [0.2, 0.25) is 0 Å². The molecule has 0 aromatic heterocycles. The van der Waals surface area contributed by atoms with Gasteiger partial charge in [-0.15, -0.1) is 0 Å². The van der Waals surface area contributed by atoms with Gasteiger partial charge in [-0.2, -0.15) is 0 Å². The highest BCUT2D eigenvalue weighted by Gasteiger charge is 2.11. The minimum absolute atomic E-state index is 0.0982. The SMILES string of the molecule is Cc1ccc(C(=O)c2cccc(I)c2)c(C)c1. The van der Waals surface area contributed by atoms with Crippen molar-refractivity contribution in [3.63, 3.8) is 0 Å². The Kier molecular flexibility index (Phi) is 3.62. The predicted octanol–water partition coefficient (Wildman–Crippen LogP) is 4.14. The molecule has 0 atom stereocenters. The Hall–Kier alpha value is -1.16. The summed E-state index contributed by atoms with van der Waals surface area (Å²) in [6, 6.07) is 13.6. The molecule has 0 radical (unpaired) electrons. The van der Waals surface area contributed by atoms with Crippen molar-refractivity contribution in [3.8, 4) is 0 Å². The van der Waals surface area contributed by atoms with Crippen molar-refractivity contribution in [2.24, 2.45) is 0 Å². The number of rotatable bonds is 2. The second-order valence-corrected chi connectivity index (χ2v) is 5.40. The second-order valence-electron chi connectivity index (χ2n) is 4.16. The van der Waals surface area contributed by atoms with Crippen molar-refractivity contribution >= 4 is 28.4 Å². The van der Waals surface area contributed by atoms with Crippen molar-refractivity contribution in [1.29, 1.82) is 0 Å². The van der Waals surface area contributed by atoms with Crippen molar-refractivity contribution in [2.45, 2.75) is 13.8 Å². The minimum Gasteiger partial charge on any atom is -0.289 e. The molecule has 0 aliphatic rings. The van der Waals surface area contributed by atoms with Gasteiger partial charge in [0.15, 0.2) is 5.78 Å². The minimum atomic E-state index is 0.0982. The molecule has 2 heteroatoms. The topological polar surface area (TPSA) is 17.1 Å². The van der Waals surface area contributed by atoms with Crippen LogP contribution in [0.25, 0.3) is 0 Å². The normalized spacial score (nSPS) is 10.3. The van der Waals surface area contributed by atoms with E-state index in [1.165, 1.54) is 5.56 Å². The second kappa shape index (κ2) is 5.00. The van der Waals surface area contributed by atoms with E-state index in [0.29, 0.717) is 0 Å². The zero-order chi connectivity index (χ0) is 12.4. The first kappa shape index (κ1) is 12.3. The highest BCUT2D eigenvalue weighted by atomic mass is 127. The van der Waals surface area contributed by atoms with Gasteiger partial charge in [0.05, 0.1) is 0 Å². The Balaban J connectivity index is 2.44. The van der Waals surface area contributed by atoms with E-state index in [1.54, 1.807) is 0 Å². The number of ketones is 1. The number of aryl methyl sites for hydroxylation is 2. The first-order valence-corrected chi connectivity index (χ1v) is 6.53. The lowest BCUT2D eigenvalue weighted by Crippen LogP contribution is -2.04. The van der Waals surface area contributed by atoms with E-state index in [0.717, 1.165) is 20.3 Å². The molecule has 0 N–H and O–H groups in total. The third kappa shape index (κ3) is 2.75. The molecular weight excluding hydrogens is 323 g/mol. The van der Waals surface area contributed by atoms with Crippen LogP contribution in [0.5, 0.6) is 0 Å². The van der Waals surface area contributed by atoms with Crippen molar-refractivity contribution in [2.75, 3.05) is 0 Å². The molecule has 0 amide bonds. The number of hydrogen-bond donors (Lipinski definition) is 0. The number of benzene rings is 2. The standard InChI is InChI=1S/C15H13IO/c1-10-6-7-14(11(2)8-10)15(17)12-4-3-5-13(16)9-12/h3-9H,1-2H3. The summed E-state index contributed by atoms with van der Waals surface area (Å²) >= 11 is 2.22. The van der Waals surface area contributed by atoms with Crippen LogP contribution < -0.4 is 0 Å². The molecular formula is C15H13IO. The first-order valence-electron chi connectivity index (χ1n) is 5.45. The van der Waals surface area contributed by atoms with Gasteiger partial charge in [0.1, 0.15) is 0 Å². The van der Waals surface area contributed by atoms with Gasteiger partial charge in [-0.25, -0.2) is 0 Å². The van der Waals surface area contributed by atoms with E-state index in [9.17, 15) is 4.79 Å². The lowest BCUT2D eigenvalue weighted by Gasteiger charge is -2.06. The molecule has 0 bridgehead atoms. The lowest BCUT2D eigenvalue weighted by atomic mass is 9.98. The van der Waals surface area contributed by atoms with Crippen LogP contribution in [-0.4, -0.2) is 5.78 Å². The molecule has 0 saturated carbocycles. The summed E-state index contributed by atoms with van der Waals surface area (Å²) in [6.07, 6.45) is 0. The van der Waals surface area contributed by atoms with Crippen LogP contribution in [0.2, 0.25) is 0 Å². The number of halogens is 1. The Labute approximate surface area is 115 Å². The summed E-state index contributed by atoms with van der Waals surface area (Å²) in [5, 5.41) is 0. The maximum Gasteiger partial charge on any atom is 0.193 e. The van der Waals surface area contributed by atoms with Gasteiger partial charge in [-0.1, -0.05) is 35.9 Å². The largest absolute Gasteiger partial charge is 0.289 e. The van der Waals surface area contributed by atoms with Gasteiger partial charge in [-0.05, 0) is 54.1 Å². The molecule has 2 rings (SSSR count). The van der Waals surface area contributed by atoms with E-state index < -0.39 is 0 Å². The lowest BCUT2D eigenvalue weighted by molar-refractivity contribution is 0.103. The number of carbonyl (C=O) groups excluding carboxylic acids is 1. The summed E-state index contributed by atoms with van der Waals surface area (Å²) in [7, 11) is 0. The van der Waals surface area contributed by atoms with Crippen molar-refractivity contribution in [1.82, 2.24) is 0 Å². The maximum absolute atomic E-state index is 12.3. The third-order valence-corrected chi connectivity index (χ3v) is 3.38. The van der Waals surface area contributed by atoms with Crippen LogP contribution in [0, 0.1) is 17.4 Å². The number of hydrogen-bond acceptors (Lipinski definition) is 1. The number of carbonyl (C=O) groups is 1. The predicted molar refractivity (Wildman–Crippen MR) is 78.5 cm³/mol. The van der Waals surface area contributed by atoms with Gasteiger partial charge < -0.3 is 0 Å². The van der Waals surface area contributed by atoms with Gasteiger partial charge in [-0.3, -0.25) is 4.79 Å². The fraction of sp³-hybridized carbons (Fsp3) is 0.133. The molecule has 0 unspecified atom stereocenters. The third-order valence-electron chi connectivity index (χ3n) is 2.71. The van der Waals surface area contributed by atoms with Crippen LogP contribution in [0.3, 0.4) is 0 Å². The summed E-state index contributed by atoms with van der Waals surface area (Å²) in [6.45, 7) is 4.01. The summed E-state index contributed by atoms with van der Waals surface area (Å²) in [5.41, 5.74) is 3.76. The first-order chi connectivity index (χ1) is 8.08. The highest BCUT2D eigenvalue weighted by molar-refractivity contribution is 14.1. The van der Waals surface area contributed by atoms with Crippen LogP contribution in [-0.2, 0) is 0 Å². The molecule has 0 saturated heterocycles. The zero-order valence-corrected chi connectivity index (χ0v) is 12.0. The average molecular weight is 336 g/mol. The van der Waals surface area contributed by atoms with E-state index in [-0.39, 0.29) is 5.78 Å². The van der Waals surface area contributed by atoms with E-state index in [4.69, 9.17) is 0 Å². The van der Waals surface area contributed by atoms with E-state index >= 15 is 0 Å². The molecule has 1 nitrogen and oxygen atoms in total. The van der Waals surface area contributed by atoms with Crippen LogP contribution >= 0.6 is 22.6 Å². The van der Waals surface area contributed by atoms with Gasteiger partial charge in [0, 0.05) is 14.7 Å². The van der Waals surface area contributed by atoms with E-state index in [2.05, 4.69) is 22.6 Å².